The second kappa shape index (κ2) is 10.8. The van der Waals surface area contributed by atoms with Gasteiger partial charge in [0.2, 0.25) is 5.95 Å². The molecule has 2 aliphatic heterocycles. The number of piperidine rings is 1. The summed E-state index contributed by atoms with van der Waals surface area (Å²) >= 11 is 0. The van der Waals surface area contributed by atoms with E-state index in [1.807, 2.05) is 46.9 Å². The molecule has 1 fully saturated rings. The molecule has 4 heterocycles. The lowest BCUT2D eigenvalue weighted by Gasteiger charge is -2.24. The molecule has 1 aromatic carbocycles. The van der Waals surface area contributed by atoms with Gasteiger partial charge in [0.15, 0.2) is 5.82 Å². The number of hydrogen-bond donors (Lipinski definition) is 2. The summed E-state index contributed by atoms with van der Waals surface area (Å²) in [5, 5.41) is 6.41. The zero-order valence-electron chi connectivity index (χ0n) is 21.6. The summed E-state index contributed by atoms with van der Waals surface area (Å²) in [7, 11) is 0. The van der Waals surface area contributed by atoms with Gasteiger partial charge in [0.05, 0.1) is 6.20 Å². The SMILES string of the molecule is CC.CCC1(C)C(C)=Nc2c(F)cc(-c3nc(Nc4ccc(C5CCNCC5)cn4)ncc3F)cc21. The summed E-state index contributed by atoms with van der Waals surface area (Å²) in [6.07, 6.45) is 5.92. The highest BCUT2D eigenvalue weighted by molar-refractivity contribution is 6.00. The van der Waals surface area contributed by atoms with Gasteiger partial charge in [-0.25, -0.2) is 23.7 Å². The van der Waals surface area contributed by atoms with E-state index in [1.165, 1.54) is 11.6 Å². The lowest BCUT2D eigenvalue weighted by Crippen LogP contribution is -2.26. The molecule has 5 rings (SSSR count). The second-order valence-electron chi connectivity index (χ2n) is 9.25. The number of anilines is 2. The summed E-state index contributed by atoms with van der Waals surface area (Å²) in [5.74, 6) is 0.176. The molecule has 0 radical (unpaired) electrons. The van der Waals surface area contributed by atoms with E-state index < -0.39 is 17.0 Å². The maximum absolute atomic E-state index is 15.0. The maximum Gasteiger partial charge on any atom is 0.229 e. The van der Waals surface area contributed by atoms with E-state index in [1.54, 1.807) is 6.07 Å². The molecule has 1 atom stereocenters. The van der Waals surface area contributed by atoms with Crippen molar-refractivity contribution in [3.8, 4) is 11.3 Å². The lowest BCUT2D eigenvalue weighted by atomic mass is 9.77. The van der Waals surface area contributed by atoms with Crippen molar-refractivity contribution in [2.75, 3.05) is 18.4 Å². The van der Waals surface area contributed by atoms with Gasteiger partial charge in [-0.1, -0.05) is 33.8 Å². The molecule has 0 aliphatic carbocycles. The van der Waals surface area contributed by atoms with Crippen molar-refractivity contribution in [3.63, 3.8) is 0 Å². The molecular weight excluding hydrogens is 458 g/mol. The summed E-state index contributed by atoms with van der Waals surface area (Å²) in [4.78, 5) is 17.4. The Balaban J connectivity index is 0.00000148. The summed E-state index contributed by atoms with van der Waals surface area (Å²) in [6.45, 7) is 12.0. The second-order valence-corrected chi connectivity index (χ2v) is 9.25. The molecule has 6 nitrogen and oxygen atoms in total. The number of rotatable bonds is 5. The molecule has 8 heteroatoms. The van der Waals surface area contributed by atoms with Crippen molar-refractivity contribution in [1.82, 2.24) is 20.3 Å². The van der Waals surface area contributed by atoms with Crippen LogP contribution in [0.1, 0.15) is 70.9 Å². The Morgan fingerprint density at radius 1 is 1.06 bits per heavy atom. The Morgan fingerprint density at radius 3 is 2.47 bits per heavy atom. The van der Waals surface area contributed by atoms with Gasteiger partial charge in [0, 0.05) is 22.9 Å². The highest BCUT2D eigenvalue weighted by atomic mass is 19.1. The fraction of sp³-hybridized carbons (Fsp3) is 0.429. The minimum absolute atomic E-state index is 0.0357. The molecule has 2 aliphatic rings. The normalized spacial score (nSPS) is 19.2. The Bertz CT molecular complexity index is 1250. The molecule has 2 aromatic heterocycles. The van der Waals surface area contributed by atoms with E-state index in [-0.39, 0.29) is 11.6 Å². The van der Waals surface area contributed by atoms with Gasteiger partial charge in [0.1, 0.15) is 23.0 Å². The highest BCUT2D eigenvalue weighted by Crippen LogP contribution is 2.45. The van der Waals surface area contributed by atoms with Crippen molar-refractivity contribution >= 4 is 23.2 Å². The maximum atomic E-state index is 15.0. The van der Waals surface area contributed by atoms with E-state index in [9.17, 15) is 8.78 Å². The molecule has 0 spiro atoms. The number of halogens is 2. The van der Waals surface area contributed by atoms with Crippen LogP contribution in [0.4, 0.5) is 26.2 Å². The highest BCUT2D eigenvalue weighted by Gasteiger charge is 2.37. The third kappa shape index (κ3) is 4.87. The Hall–Kier alpha value is -3.26. The number of hydrogen-bond acceptors (Lipinski definition) is 6. The molecular formula is C28H34F2N6. The van der Waals surface area contributed by atoms with Crippen LogP contribution >= 0.6 is 0 Å². The molecule has 0 bridgehead atoms. The van der Waals surface area contributed by atoms with Gasteiger partial charge >= 0.3 is 0 Å². The Morgan fingerprint density at radius 2 is 1.81 bits per heavy atom. The summed E-state index contributed by atoms with van der Waals surface area (Å²) in [5.41, 5.74) is 3.15. The fourth-order valence-corrected chi connectivity index (χ4v) is 4.82. The number of aromatic nitrogens is 3. The number of nitrogens with one attached hydrogen (secondary N) is 2. The molecule has 36 heavy (non-hydrogen) atoms. The number of pyridine rings is 1. The quantitative estimate of drug-likeness (QED) is 0.408. The first kappa shape index (κ1) is 25.8. The molecule has 1 unspecified atom stereocenters. The van der Waals surface area contributed by atoms with Crippen molar-refractivity contribution in [2.45, 2.75) is 65.2 Å². The third-order valence-corrected chi connectivity index (χ3v) is 7.30. The Labute approximate surface area is 211 Å². The van der Waals surface area contributed by atoms with Gasteiger partial charge < -0.3 is 10.6 Å². The van der Waals surface area contributed by atoms with Crippen LogP contribution in [0.3, 0.4) is 0 Å². The molecule has 0 amide bonds. The first-order valence-electron chi connectivity index (χ1n) is 12.8. The van der Waals surface area contributed by atoms with Gasteiger partial charge in [-0.3, -0.25) is 4.99 Å². The minimum atomic E-state index is -0.618. The van der Waals surface area contributed by atoms with Gasteiger partial charge in [-0.15, -0.1) is 0 Å². The van der Waals surface area contributed by atoms with Crippen LogP contribution in [0.25, 0.3) is 11.3 Å². The van der Waals surface area contributed by atoms with Crippen LogP contribution in [-0.4, -0.2) is 33.8 Å². The van der Waals surface area contributed by atoms with Crippen LogP contribution in [0.15, 0.2) is 41.7 Å². The van der Waals surface area contributed by atoms with Crippen LogP contribution in [0.5, 0.6) is 0 Å². The monoisotopic (exact) mass is 492 g/mol. The summed E-state index contributed by atoms with van der Waals surface area (Å²) < 4.78 is 29.7. The van der Waals surface area contributed by atoms with Crippen LogP contribution < -0.4 is 10.6 Å². The van der Waals surface area contributed by atoms with E-state index in [4.69, 9.17) is 0 Å². The van der Waals surface area contributed by atoms with Crippen LogP contribution in [-0.2, 0) is 5.41 Å². The smallest absolute Gasteiger partial charge is 0.229 e. The van der Waals surface area contributed by atoms with Crippen molar-refractivity contribution < 1.29 is 8.78 Å². The van der Waals surface area contributed by atoms with Gasteiger partial charge in [0.25, 0.3) is 0 Å². The topological polar surface area (TPSA) is 75.1 Å². The number of fused-ring (bicyclic) bond motifs is 1. The standard InChI is InChI=1S/C26H28F2N6.C2H6/c1-4-26(3)15(2)32-24-19(26)11-18(12-20(24)27)23-21(28)14-31-25(34-23)33-22-6-5-17(13-30-22)16-7-9-29-10-8-16;1-2/h5-6,11-14,16,29H,4,7-10H2,1-3H3,(H,30,31,33,34);1-2H3. The molecule has 0 saturated carbocycles. The first-order chi connectivity index (χ1) is 17.4. The van der Waals surface area contributed by atoms with Crippen molar-refractivity contribution in [3.05, 3.63) is 59.4 Å². The van der Waals surface area contributed by atoms with E-state index >= 15 is 0 Å². The zero-order valence-corrected chi connectivity index (χ0v) is 21.6. The van der Waals surface area contributed by atoms with Crippen molar-refractivity contribution in [2.24, 2.45) is 4.99 Å². The van der Waals surface area contributed by atoms with Crippen LogP contribution in [0.2, 0.25) is 0 Å². The largest absolute Gasteiger partial charge is 0.317 e. The number of nitrogens with zero attached hydrogens (tertiary/aromatic N) is 4. The van der Waals surface area contributed by atoms with Crippen LogP contribution in [0, 0.1) is 11.6 Å². The number of benzene rings is 1. The average molecular weight is 493 g/mol. The van der Waals surface area contributed by atoms with E-state index in [0.29, 0.717) is 23.0 Å². The Kier molecular flexibility index (Phi) is 7.73. The van der Waals surface area contributed by atoms with E-state index in [2.05, 4.69) is 36.6 Å². The van der Waals surface area contributed by atoms with Crippen molar-refractivity contribution in [1.29, 1.82) is 0 Å². The first-order valence-corrected chi connectivity index (χ1v) is 12.8. The average Bonchev–Trinajstić information content (AvgIpc) is 3.18. The predicted molar refractivity (Wildman–Crippen MR) is 142 cm³/mol. The molecule has 2 N–H and O–H groups in total. The molecule has 1 saturated heterocycles. The fourth-order valence-electron chi connectivity index (χ4n) is 4.82. The number of aliphatic imine (C=N–C) groups is 1. The molecule has 190 valence electrons. The lowest BCUT2D eigenvalue weighted by molar-refractivity contribution is 0.459. The van der Waals surface area contributed by atoms with Gasteiger partial charge in [-0.05, 0) is 74.5 Å². The third-order valence-electron chi connectivity index (χ3n) is 7.30. The zero-order chi connectivity index (χ0) is 25.9. The summed E-state index contributed by atoms with van der Waals surface area (Å²) in [6, 6.07) is 7.02. The minimum Gasteiger partial charge on any atom is -0.317 e. The van der Waals surface area contributed by atoms with Gasteiger partial charge in [-0.2, -0.15) is 0 Å². The predicted octanol–water partition coefficient (Wildman–Crippen LogP) is 6.83. The van der Waals surface area contributed by atoms with E-state index in [0.717, 1.165) is 49.8 Å². The molecule has 3 aromatic rings.